The maximum absolute atomic E-state index is 9.36. The third kappa shape index (κ3) is 2.46. The van der Waals surface area contributed by atoms with Gasteiger partial charge in [-0.2, -0.15) is 17.0 Å². The summed E-state index contributed by atoms with van der Waals surface area (Å²) in [6.07, 6.45) is 0. The third-order valence-corrected chi connectivity index (χ3v) is 4.87. The van der Waals surface area contributed by atoms with Crippen molar-refractivity contribution in [2.24, 2.45) is 0 Å². The molecule has 1 aliphatic heterocycles. The molecule has 0 aliphatic carbocycles. The Hall–Kier alpha value is -1.73. The van der Waals surface area contributed by atoms with E-state index in [1.54, 1.807) is 0 Å². The molecule has 1 aromatic carbocycles. The second-order valence-corrected chi connectivity index (χ2v) is 7.49. The van der Waals surface area contributed by atoms with E-state index < -0.39 is 0 Å². The number of thioether (sulfide) groups is 1. The van der Waals surface area contributed by atoms with Gasteiger partial charge in [0.25, 0.3) is 0 Å². The van der Waals surface area contributed by atoms with Crippen molar-refractivity contribution < 1.29 is 0 Å². The summed E-state index contributed by atoms with van der Waals surface area (Å²) in [5.41, 5.74) is 1.61. The zero-order valence-electron chi connectivity index (χ0n) is 11.8. The number of hydrogen-bond acceptors (Lipinski definition) is 4. The summed E-state index contributed by atoms with van der Waals surface area (Å²) >= 11 is 2.00. The molecule has 0 saturated carbocycles. The predicted molar refractivity (Wildman–Crippen MR) is 85.2 cm³/mol. The minimum Gasteiger partial charge on any atom is -0.354 e. The van der Waals surface area contributed by atoms with Crippen molar-refractivity contribution in [3.63, 3.8) is 0 Å². The number of hydrogen-bond donors (Lipinski definition) is 0. The van der Waals surface area contributed by atoms with Crippen molar-refractivity contribution >= 4 is 28.5 Å². The molecule has 4 heteroatoms. The maximum Gasteiger partial charge on any atom is 0.130 e. The van der Waals surface area contributed by atoms with Gasteiger partial charge in [-0.05, 0) is 26.0 Å². The minimum atomic E-state index is 0.235. The molecule has 3 nitrogen and oxygen atoms in total. The number of anilines is 1. The standard InChI is InChI=1S/C16H17N3S/c1-16(2)11-19(7-8-20-16)15-9-12(10-17)13-5-3-4-6-14(13)18-15/h3-6,9H,7-8,11H2,1-2H3. The van der Waals surface area contributed by atoms with E-state index in [1.165, 1.54) is 0 Å². The van der Waals surface area contributed by atoms with Crippen LogP contribution in [0.15, 0.2) is 30.3 Å². The molecule has 0 atom stereocenters. The first kappa shape index (κ1) is 13.3. The van der Waals surface area contributed by atoms with Crippen LogP contribution in [0.4, 0.5) is 5.82 Å². The lowest BCUT2D eigenvalue weighted by molar-refractivity contribution is 0.643. The van der Waals surface area contributed by atoms with E-state index in [1.807, 2.05) is 42.1 Å². The molecule has 3 rings (SSSR count). The Balaban J connectivity index is 2.06. The fraction of sp³-hybridized carbons (Fsp3) is 0.375. The van der Waals surface area contributed by atoms with E-state index in [2.05, 4.69) is 24.8 Å². The molecule has 102 valence electrons. The molecule has 0 N–H and O–H groups in total. The number of pyridine rings is 1. The molecule has 0 amide bonds. The zero-order chi connectivity index (χ0) is 14.2. The van der Waals surface area contributed by atoms with E-state index in [0.29, 0.717) is 5.56 Å². The third-order valence-electron chi connectivity index (χ3n) is 3.57. The van der Waals surface area contributed by atoms with Crippen LogP contribution < -0.4 is 4.90 Å². The molecule has 1 fully saturated rings. The van der Waals surface area contributed by atoms with E-state index in [0.717, 1.165) is 35.6 Å². The van der Waals surface area contributed by atoms with Gasteiger partial charge in [-0.25, -0.2) is 4.98 Å². The summed E-state index contributed by atoms with van der Waals surface area (Å²) in [4.78, 5) is 7.03. The molecule has 1 aliphatic rings. The summed E-state index contributed by atoms with van der Waals surface area (Å²) in [6, 6.07) is 12.1. The molecule has 2 heterocycles. The Kier molecular flexibility index (Phi) is 3.31. The van der Waals surface area contributed by atoms with Crippen molar-refractivity contribution in [3.8, 4) is 6.07 Å². The fourth-order valence-electron chi connectivity index (χ4n) is 2.63. The average Bonchev–Trinajstić information content (AvgIpc) is 2.45. The number of nitriles is 1. The van der Waals surface area contributed by atoms with Crippen LogP contribution in [-0.4, -0.2) is 28.6 Å². The average molecular weight is 283 g/mol. The van der Waals surface area contributed by atoms with Gasteiger partial charge in [0, 0.05) is 29.0 Å². The molecule has 0 unspecified atom stereocenters. The number of nitrogens with zero attached hydrogens (tertiary/aromatic N) is 3. The van der Waals surface area contributed by atoms with Crippen LogP contribution in [0.25, 0.3) is 10.9 Å². The van der Waals surface area contributed by atoms with Gasteiger partial charge in [-0.15, -0.1) is 0 Å². The van der Waals surface area contributed by atoms with Crippen LogP contribution in [-0.2, 0) is 0 Å². The summed E-state index contributed by atoms with van der Waals surface area (Å²) in [7, 11) is 0. The van der Waals surface area contributed by atoms with Gasteiger partial charge in [-0.3, -0.25) is 0 Å². The van der Waals surface area contributed by atoms with Crippen molar-refractivity contribution in [1.82, 2.24) is 4.98 Å². The normalized spacial score (nSPS) is 17.9. The minimum absolute atomic E-state index is 0.235. The SMILES string of the molecule is CC1(C)CN(c2cc(C#N)c3ccccc3n2)CCS1. The quantitative estimate of drug-likeness (QED) is 0.804. The van der Waals surface area contributed by atoms with E-state index in [4.69, 9.17) is 4.98 Å². The number of fused-ring (bicyclic) bond motifs is 1. The van der Waals surface area contributed by atoms with Crippen LogP contribution in [0.5, 0.6) is 0 Å². The topological polar surface area (TPSA) is 39.9 Å². The van der Waals surface area contributed by atoms with Crippen LogP contribution in [0.2, 0.25) is 0 Å². The Labute approximate surface area is 123 Å². The van der Waals surface area contributed by atoms with Gasteiger partial charge >= 0.3 is 0 Å². The van der Waals surface area contributed by atoms with Gasteiger partial charge in [0.2, 0.25) is 0 Å². The fourth-order valence-corrected chi connectivity index (χ4v) is 3.74. The van der Waals surface area contributed by atoms with E-state index >= 15 is 0 Å². The lowest BCUT2D eigenvalue weighted by Gasteiger charge is -2.38. The number of para-hydroxylation sites is 1. The highest BCUT2D eigenvalue weighted by atomic mass is 32.2. The lowest BCUT2D eigenvalue weighted by atomic mass is 10.1. The zero-order valence-corrected chi connectivity index (χ0v) is 12.6. The Morgan fingerprint density at radius 2 is 2.15 bits per heavy atom. The largest absolute Gasteiger partial charge is 0.354 e. The summed E-state index contributed by atoms with van der Waals surface area (Å²) < 4.78 is 0.235. The number of aromatic nitrogens is 1. The van der Waals surface area contributed by atoms with Gasteiger partial charge in [0.1, 0.15) is 5.82 Å². The van der Waals surface area contributed by atoms with Gasteiger partial charge in [0.15, 0.2) is 0 Å². The van der Waals surface area contributed by atoms with Gasteiger partial charge < -0.3 is 4.90 Å². The smallest absolute Gasteiger partial charge is 0.130 e. The lowest BCUT2D eigenvalue weighted by Crippen LogP contribution is -2.43. The highest BCUT2D eigenvalue weighted by molar-refractivity contribution is 8.00. The first-order chi connectivity index (χ1) is 9.59. The Bertz CT molecular complexity index is 688. The highest BCUT2D eigenvalue weighted by Gasteiger charge is 2.28. The van der Waals surface area contributed by atoms with Crippen LogP contribution in [0.1, 0.15) is 19.4 Å². The van der Waals surface area contributed by atoms with Crippen molar-refractivity contribution in [2.45, 2.75) is 18.6 Å². The second-order valence-electron chi connectivity index (χ2n) is 5.69. The highest BCUT2D eigenvalue weighted by Crippen LogP contribution is 2.32. The Morgan fingerprint density at radius 3 is 2.90 bits per heavy atom. The van der Waals surface area contributed by atoms with Crippen LogP contribution in [0, 0.1) is 11.3 Å². The molecular formula is C16H17N3S. The second kappa shape index (κ2) is 4.99. The molecule has 1 saturated heterocycles. The van der Waals surface area contributed by atoms with Gasteiger partial charge in [0.05, 0.1) is 17.1 Å². The van der Waals surface area contributed by atoms with E-state index in [9.17, 15) is 5.26 Å². The van der Waals surface area contributed by atoms with Crippen molar-refractivity contribution in [2.75, 3.05) is 23.7 Å². The van der Waals surface area contributed by atoms with E-state index in [-0.39, 0.29) is 4.75 Å². The number of benzene rings is 1. The molecule has 1 aromatic heterocycles. The molecule has 20 heavy (non-hydrogen) atoms. The first-order valence-electron chi connectivity index (χ1n) is 6.78. The summed E-state index contributed by atoms with van der Waals surface area (Å²) in [6.45, 7) is 6.48. The molecular weight excluding hydrogens is 266 g/mol. The van der Waals surface area contributed by atoms with Crippen LogP contribution >= 0.6 is 11.8 Å². The van der Waals surface area contributed by atoms with Crippen molar-refractivity contribution in [1.29, 1.82) is 5.26 Å². The maximum atomic E-state index is 9.36. The molecule has 2 aromatic rings. The summed E-state index contributed by atoms with van der Waals surface area (Å²) in [5, 5.41) is 10.3. The molecule has 0 spiro atoms. The van der Waals surface area contributed by atoms with Crippen LogP contribution in [0.3, 0.4) is 0 Å². The molecule has 0 radical (unpaired) electrons. The first-order valence-corrected chi connectivity index (χ1v) is 7.76. The Morgan fingerprint density at radius 1 is 1.35 bits per heavy atom. The predicted octanol–water partition coefficient (Wildman–Crippen LogP) is 3.44. The van der Waals surface area contributed by atoms with Gasteiger partial charge in [-0.1, -0.05) is 18.2 Å². The monoisotopic (exact) mass is 283 g/mol. The molecule has 0 bridgehead atoms. The van der Waals surface area contributed by atoms with Crippen molar-refractivity contribution in [3.05, 3.63) is 35.9 Å². The number of rotatable bonds is 1. The summed E-state index contributed by atoms with van der Waals surface area (Å²) in [5.74, 6) is 2.03.